The van der Waals surface area contributed by atoms with Gasteiger partial charge in [-0.1, -0.05) is 30.3 Å². The van der Waals surface area contributed by atoms with Crippen molar-refractivity contribution in [2.24, 2.45) is 5.73 Å². The molecule has 0 aliphatic carbocycles. The molecule has 4 heteroatoms. The summed E-state index contributed by atoms with van der Waals surface area (Å²) in [5, 5.41) is 0. The molecular weight excluding hydrogens is 264 g/mol. The van der Waals surface area contributed by atoms with Crippen molar-refractivity contribution < 1.29 is 9.15 Å². The van der Waals surface area contributed by atoms with Crippen molar-refractivity contribution in [3.05, 3.63) is 72.1 Å². The van der Waals surface area contributed by atoms with Gasteiger partial charge in [-0.3, -0.25) is 0 Å². The lowest BCUT2D eigenvalue weighted by Crippen LogP contribution is -1.99. The molecule has 0 atom stereocenters. The Bertz CT molecular complexity index is 708. The fourth-order valence-corrected chi connectivity index (χ4v) is 2.01. The highest BCUT2D eigenvalue weighted by atomic mass is 16.5. The quantitative estimate of drug-likeness (QED) is 0.778. The van der Waals surface area contributed by atoms with Crippen LogP contribution in [0.25, 0.3) is 11.5 Å². The molecule has 2 aromatic carbocycles. The largest absolute Gasteiger partial charge is 0.487 e. The number of ether oxygens (including phenoxy) is 1. The van der Waals surface area contributed by atoms with Crippen molar-refractivity contribution in [2.75, 3.05) is 0 Å². The van der Waals surface area contributed by atoms with Crippen LogP contribution in [-0.4, -0.2) is 4.98 Å². The van der Waals surface area contributed by atoms with Gasteiger partial charge in [-0.2, -0.15) is 0 Å². The number of hydrogen-bond donors (Lipinski definition) is 1. The molecule has 0 aliphatic rings. The molecule has 0 saturated heterocycles. The molecule has 0 unspecified atom stereocenters. The lowest BCUT2D eigenvalue weighted by molar-refractivity contribution is 0.300. The Hall–Kier alpha value is -2.59. The van der Waals surface area contributed by atoms with Crippen LogP contribution in [0.1, 0.15) is 11.3 Å². The fraction of sp³-hybridized carbons (Fsp3) is 0.118. The van der Waals surface area contributed by atoms with E-state index in [9.17, 15) is 0 Å². The first-order valence-electron chi connectivity index (χ1n) is 6.77. The van der Waals surface area contributed by atoms with Gasteiger partial charge in [0, 0.05) is 12.1 Å². The number of aromatic nitrogens is 1. The Morgan fingerprint density at radius 2 is 1.90 bits per heavy atom. The minimum atomic E-state index is 0.365. The van der Waals surface area contributed by atoms with Crippen LogP contribution in [0.3, 0.4) is 0 Å². The van der Waals surface area contributed by atoms with Crippen molar-refractivity contribution in [1.29, 1.82) is 0 Å². The monoisotopic (exact) mass is 280 g/mol. The Morgan fingerprint density at radius 3 is 2.71 bits per heavy atom. The van der Waals surface area contributed by atoms with Gasteiger partial charge in [-0.05, 0) is 29.8 Å². The summed E-state index contributed by atoms with van der Waals surface area (Å²) in [5.74, 6) is 1.38. The predicted octanol–water partition coefficient (Wildman–Crippen LogP) is 3.38. The van der Waals surface area contributed by atoms with Crippen LogP contribution in [0, 0.1) is 0 Å². The van der Waals surface area contributed by atoms with E-state index in [0.29, 0.717) is 19.0 Å². The average Bonchev–Trinajstić information content (AvgIpc) is 3.03. The van der Waals surface area contributed by atoms with Gasteiger partial charge in [0.15, 0.2) is 0 Å². The van der Waals surface area contributed by atoms with Gasteiger partial charge in [-0.25, -0.2) is 4.98 Å². The molecule has 4 nitrogen and oxygen atoms in total. The van der Waals surface area contributed by atoms with Crippen LogP contribution < -0.4 is 10.5 Å². The van der Waals surface area contributed by atoms with E-state index in [0.717, 1.165) is 22.6 Å². The summed E-state index contributed by atoms with van der Waals surface area (Å²) in [6, 6.07) is 17.5. The molecular formula is C17H16N2O2. The summed E-state index contributed by atoms with van der Waals surface area (Å²) in [5.41, 5.74) is 8.36. The standard InChI is InChI=1S/C17H16N2O2/c18-10-13-5-4-8-16(9-13)20-11-15-12-21-17(19-15)14-6-2-1-3-7-14/h1-9,12H,10-11,18H2. The minimum Gasteiger partial charge on any atom is -0.487 e. The second-order valence-electron chi connectivity index (χ2n) is 4.65. The predicted molar refractivity (Wildman–Crippen MR) is 80.6 cm³/mol. The molecule has 106 valence electrons. The molecule has 3 rings (SSSR count). The minimum absolute atomic E-state index is 0.365. The number of oxazole rings is 1. The average molecular weight is 280 g/mol. The van der Waals surface area contributed by atoms with Crippen molar-refractivity contribution in [3.8, 4) is 17.2 Å². The van der Waals surface area contributed by atoms with Crippen LogP contribution in [0.4, 0.5) is 0 Å². The molecule has 0 spiro atoms. The number of rotatable bonds is 5. The van der Waals surface area contributed by atoms with Crippen LogP contribution in [0.15, 0.2) is 65.3 Å². The highest BCUT2D eigenvalue weighted by Gasteiger charge is 2.06. The maximum Gasteiger partial charge on any atom is 0.226 e. The van der Waals surface area contributed by atoms with E-state index < -0.39 is 0 Å². The van der Waals surface area contributed by atoms with E-state index in [1.54, 1.807) is 6.26 Å². The topological polar surface area (TPSA) is 61.3 Å². The zero-order valence-electron chi connectivity index (χ0n) is 11.5. The smallest absolute Gasteiger partial charge is 0.226 e. The summed E-state index contributed by atoms with van der Waals surface area (Å²) in [4.78, 5) is 4.42. The lowest BCUT2D eigenvalue weighted by Gasteiger charge is -2.05. The first-order chi connectivity index (χ1) is 10.3. The van der Waals surface area contributed by atoms with E-state index in [1.807, 2.05) is 54.6 Å². The maximum atomic E-state index is 5.71. The highest BCUT2D eigenvalue weighted by Crippen LogP contribution is 2.19. The molecule has 0 saturated carbocycles. The van der Waals surface area contributed by atoms with Crippen LogP contribution in [0.5, 0.6) is 5.75 Å². The Labute approximate surface area is 123 Å². The molecule has 1 aromatic heterocycles. The summed E-state index contributed by atoms with van der Waals surface area (Å²) in [6.45, 7) is 0.865. The van der Waals surface area contributed by atoms with E-state index in [1.165, 1.54) is 0 Å². The zero-order chi connectivity index (χ0) is 14.5. The number of nitrogens with two attached hydrogens (primary N) is 1. The summed E-state index contributed by atoms with van der Waals surface area (Å²) in [6.07, 6.45) is 1.62. The van der Waals surface area contributed by atoms with Gasteiger partial charge >= 0.3 is 0 Å². The third-order valence-corrected chi connectivity index (χ3v) is 3.09. The van der Waals surface area contributed by atoms with E-state index >= 15 is 0 Å². The molecule has 3 aromatic rings. The van der Waals surface area contributed by atoms with E-state index in [2.05, 4.69) is 4.98 Å². The Balaban J connectivity index is 1.67. The number of benzene rings is 2. The normalized spacial score (nSPS) is 10.5. The molecule has 1 heterocycles. The molecule has 0 fully saturated rings. The van der Waals surface area contributed by atoms with Gasteiger partial charge in [0.1, 0.15) is 24.3 Å². The fourth-order valence-electron chi connectivity index (χ4n) is 2.01. The molecule has 2 N–H and O–H groups in total. The van der Waals surface area contributed by atoms with Gasteiger partial charge in [-0.15, -0.1) is 0 Å². The van der Waals surface area contributed by atoms with Crippen LogP contribution >= 0.6 is 0 Å². The van der Waals surface area contributed by atoms with Crippen molar-refractivity contribution in [2.45, 2.75) is 13.2 Å². The van der Waals surface area contributed by atoms with Gasteiger partial charge in [0.2, 0.25) is 5.89 Å². The van der Waals surface area contributed by atoms with Crippen LogP contribution in [-0.2, 0) is 13.2 Å². The van der Waals surface area contributed by atoms with Gasteiger partial charge in [0.25, 0.3) is 0 Å². The van der Waals surface area contributed by atoms with Crippen LogP contribution in [0.2, 0.25) is 0 Å². The SMILES string of the molecule is NCc1cccc(OCc2coc(-c3ccccc3)n2)c1. The molecule has 0 aliphatic heterocycles. The van der Waals surface area contributed by atoms with E-state index in [-0.39, 0.29) is 0 Å². The third-order valence-electron chi connectivity index (χ3n) is 3.09. The molecule has 0 amide bonds. The zero-order valence-corrected chi connectivity index (χ0v) is 11.5. The first-order valence-corrected chi connectivity index (χ1v) is 6.77. The molecule has 21 heavy (non-hydrogen) atoms. The Morgan fingerprint density at radius 1 is 1.05 bits per heavy atom. The second kappa shape index (κ2) is 6.24. The summed E-state index contributed by atoms with van der Waals surface area (Å²) < 4.78 is 11.2. The van der Waals surface area contributed by atoms with Gasteiger partial charge in [0.05, 0.1) is 0 Å². The van der Waals surface area contributed by atoms with E-state index in [4.69, 9.17) is 14.9 Å². The third kappa shape index (κ3) is 3.30. The number of hydrogen-bond acceptors (Lipinski definition) is 4. The Kier molecular flexibility index (Phi) is 3.98. The highest BCUT2D eigenvalue weighted by molar-refractivity contribution is 5.52. The van der Waals surface area contributed by atoms with Gasteiger partial charge < -0.3 is 14.9 Å². The van der Waals surface area contributed by atoms with Crippen molar-refractivity contribution >= 4 is 0 Å². The van der Waals surface area contributed by atoms with Crippen molar-refractivity contribution in [1.82, 2.24) is 4.98 Å². The summed E-state index contributed by atoms with van der Waals surface area (Å²) >= 11 is 0. The lowest BCUT2D eigenvalue weighted by atomic mass is 10.2. The second-order valence-corrected chi connectivity index (χ2v) is 4.65. The molecule has 0 radical (unpaired) electrons. The van der Waals surface area contributed by atoms with Crippen molar-refractivity contribution in [3.63, 3.8) is 0 Å². The molecule has 0 bridgehead atoms. The summed E-state index contributed by atoms with van der Waals surface area (Å²) in [7, 11) is 0. The first kappa shape index (κ1) is 13.4. The maximum absolute atomic E-state index is 5.71. The number of nitrogens with zero attached hydrogens (tertiary/aromatic N) is 1.